The molecule has 7 heteroatoms. The number of sulfonamides is 1. The third-order valence-corrected chi connectivity index (χ3v) is 6.33. The van der Waals surface area contributed by atoms with Crippen molar-refractivity contribution in [1.82, 2.24) is 4.31 Å². The molecule has 0 aliphatic carbocycles. The summed E-state index contributed by atoms with van der Waals surface area (Å²) in [5, 5.41) is 9.04. The maximum absolute atomic E-state index is 12.9. The molecule has 0 spiro atoms. The van der Waals surface area contributed by atoms with Gasteiger partial charge in [-0.1, -0.05) is 6.07 Å². The fourth-order valence-electron chi connectivity index (χ4n) is 3.07. The lowest BCUT2D eigenvalue weighted by Gasteiger charge is -2.35. The van der Waals surface area contributed by atoms with Crippen LogP contribution in [0, 0.1) is 11.3 Å². The lowest BCUT2D eigenvalue weighted by atomic mass is 10.2. The Morgan fingerprint density at radius 3 is 2.30 bits per heavy atom. The molecule has 3 rings (SSSR count). The van der Waals surface area contributed by atoms with E-state index in [0.29, 0.717) is 37.5 Å². The van der Waals surface area contributed by atoms with E-state index in [1.807, 2.05) is 32.0 Å². The zero-order valence-corrected chi connectivity index (χ0v) is 16.3. The minimum atomic E-state index is -3.53. The smallest absolute Gasteiger partial charge is 0.243 e. The van der Waals surface area contributed by atoms with Crippen LogP contribution in [0.2, 0.25) is 0 Å². The highest BCUT2D eigenvalue weighted by Crippen LogP contribution is 2.23. The van der Waals surface area contributed by atoms with Crippen molar-refractivity contribution in [1.29, 1.82) is 5.26 Å². The summed E-state index contributed by atoms with van der Waals surface area (Å²) in [4.78, 5) is 2.38. The zero-order valence-electron chi connectivity index (χ0n) is 15.5. The molecule has 0 atom stereocenters. The molecule has 0 saturated carbocycles. The van der Waals surface area contributed by atoms with Crippen LogP contribution in [0.25, 0.3) is 0 Å². The van der Waals surface area contributed by atoms with Crippen molar-refractivity contribution < 1.29 is 13.2 Å². The standard InChI is InChI=1S/C20H23N3O3S/c1-16(2)26-19-6-8-20(9-7-19)27(24,25)23-12-10-22(11-13-23)18-5-3-4-17(14-18)15-21/h3-9,14,16H,10-13H2,1-2H3. The first kappa shape index (κ1) is 19.2. The number of hydrogen-bond acceptors (Lipinski definition) is 5. The molecular weight excluding hydrogens is 362 g/mol. The van der Waals surface area contributed by atoms with E-state index in [-0.39, 0.29) is 11.0 Å². The average Bonchev–Trinajstić information content (AvgIpc) is 2.68. The molecule has 0 aromatic heterocycles. The summed E-state index contributed by atoms with van der Waals surface area (Å²) in [6.07, 6.45) is 0.0417. The molecule has 27 heavy (non-hydrogen) atoms. The quantitative estimate of drug-likeness (QED) is 0.791. The van der Waals surface area contributed by atoms with Crippen LogP contribution in [0.3, 0.4) is 0 Å². The first-order valence-electron chi connectivity index (χ1n) is 8.92. The molecule has 0 N–H and O–H groups in total. The minimum absolute atomic E-state index is 0.0417. The molecule has 0 amide bonds. The second kappa shape index (κ2) is 7.99. The van der Waals surface area contributed by atoms with Crippen molar-refractivity contribution in [3.63, 3.8) is 0 Å². The van der Waals surface area contributed by atoms with Gasteiger partial charge in [0.2, 0.25) is 10.0 Å². The van der Waals surface area contributed by atoms with Crippen LogP contribution in [0.4, 0.5) is 5.69 Å². The molecule has 1 saturated heterocycles. The summed E-state index contributed by atoms with van der Waals surface area (Å²) in [7, 11) is -3.53. The van der Waals surface area contributed by atoms with Crippen LogP contribution in [-0.2, 0) is 10.0 Å². The second-order valence-corrected chi connectivity index (χ2v) is 8.63. The molecule has 0 bridgehead atoms. The van der Waals surface area contributed by atoms with Gasteiger partial charge in [0.05, 0.1) is 22.6 Å². The molecule has 142 valence electrons. The lowest BCUT2D eigenvalue weighted by Crippen LogP contribution is -2.48. The topological polar surface area (TPSA) is 73.6 Å². The van der Waals surface area contributed by atoms with Crippen molar-refractivity contribution in [3.05, 3.63) is 54.1 Å². The number of rotatable bonds is 5. The van der Waals surface area contributed by atoms with Gasteiger partial charge in [0.1, 0.15) is 5.75 Å². The highest BCUT2D eigenvalue weighted by Gasteiger charge is 2.28. The number of hydrogen-bond donors (Lipinski definition) is 0. The molecule has 1 fully saturated rings. The largest absolute Gasteiger partial charge is 0.491 e. The van der Waals surface area contributed by atoms with Crippen LogP contribution in [0.15, 0.2) is 53.4 Å². The van der Waals surface area contributed by atoms with E-state index >= 15 is 0 Å². The summed E-state index contributed by atoms with van der Waals surface area (Å²) in [6, 6.07) is 16.1. The van der Waals surface area contributed by atoms with Gasteiger partial charge in [-0.25, -0.2) is 8.42 Å². The lowest BCUT2D eigenvalue weighted by molar-refractivity contribution is 0.242. The SMILES string of the molecule is CC(C)Oc1ccc(S(=O)(=O)N2CCN(c3cccc(C#N)c3)CC2)cc1. The van der Waals surface area contributed by atoms with Crippen molar-refractivity contribution in [3.8, 4) is 11.8 Å². The van der Waals surface area contributed by atoms with Crippen molar-refractivity contribution >= 4 is 15.7 Å². The molecule has 0 unspecified atom stereocenters. The first-order chi connectivity index (χ1) is 12.9. The van der Waals surface area contributed by atoms with E-state index in [1.54, 1.807) is 30.3 Å². The van der Waals surface area contributed by atoms with E-state index in [4.69, 9.17) is 10.00 Å². The minimum Gasteiger partial charge on any atom is -0.491 e. The Morgan fingerprint density at radius 1 is 1.04 bits per heavy atom. The molecule has 0 radical (unpaired) electrons. The monoisotopic (exact) mass is 385 g/mol. The Kier molecular flexibility index (Phi) is 5.68. The predicted molar refractivity (Wildman–Crippen MR) is 104 cm³/mol. The van der Waals surface area contributed by atoms with E-state index in [2.05, 4.69) is 11.0 Å². The Balaban J connectivity index is 1.68. The second-order valence-electron chi connectivity index (χ2n) is 6.69. The van der Waals surface area contributed by atoms with E-state index in [1.165, 1.54) is 4.31 Å². The molecule has 1 heterocycles. The van der Waals surface area contributed by atoms with Crippen molar-refractivity contribution in [2.45, 2.75) is 24.8 Å². The van der Waals surface area contributed by atoms with E-state index in [0.717, 1.165) is 5.69 Å². The molecule has 1 aliphatic rings. The number of ether oxygens (including phenoxy) is 1. The van der Waals surface area contributed by atoms with Crippen molar-refractivity contribution in [2.24, 2.45) is 0 Å². The molecule has 2 aromatic rings. The van der Waals surface area contributed by atoms with Crippen molar-refractivity contribution in [2.75, 3.05) is 31.1 Å². The van der Waals surface area contributed by atoms with Gasteiger partial charge in [-0.3, -0.25) is 0 Å². The molecule has 1 aliphatic heterocycles. The Hall–Kier alpha value is -2.56. The number of piperazine rings is 1. The molecular formula is C20H23N3O3S. The van der Waals surface area contributed by atoms with Gasteiger partial charge in [-0.15, -0.1) is 0 Å². The summed E-state index contributed by atoms with van der Waals surface area (Å²) < 4.78 is 32.9. The van der Waals surface area contributed by atoms with Crippen LogP contribution < -0.4 is 9.64 Å². The van der Waals surface area contributed by atoms with Gasteiger partial charge in [0.15, 0.2) is 0 Å². The third-order valence-electron chi connectivity index (χ3n) is 4.41. The number of benzene rings is 2. The Morgan fingerprint density at radius 2 is 1.70 bits per heavy atom. The van der Waals surface area contributed by atoms with Gasteiger partial charge in [-0.2, -0.15) is 9.57 Å². The number of nitriles is 1. The summed E-state index contributed by atoms with van der Waals surface area (Å²) in [5.41, 5.74) is 1.55. The Bertz CT molecular complexity index is 926. The Labute approximate surface area is 160 Å². The maximum atomic E-state index is 12.9. The van der Waals surface area contributed by atoms with Crippen LogP contribution in [0.1, 0.15) is 19.4 Å². The molecule has 2 aromatic carbocycles. The molecule has 6 nitrogen and oxygen atoms in total. The van der Waals surface area contributed by atoms with Crippen LogP contribution >= 0.6 is 0 Å². The van der Waals surface area contributed by atoms with Gasteiger partial charge >= 0.3 is 0 Å². The average molecular weight is 385 g/mol. The van der Waals surface area contributed by atoms with Gasteiger partial charge in [0.25, 0.3) is 0 Å². The maximum Gasteiger partial charge on any atom is 0.243 e. The van der Waals surface area contributed by atoms with Gasteiger partial charge in [-0.05, 0) is 56.3 Å². The summed E-state index contributed by atoms with van der Waals surface area (Å²) >= 11 is 0. The number of anilines is 1. The summed E-state index contributed by atoms with van der Waals surface area (Å²) in [5.74, 6) is 0.658. The fourth-order valence-corrected chi connectivity index (χ4v) is 4.49. The van der Waals surface area contributed by atoms with Crippen LogP contribution in [-0.4, -0.2) is 45.0 Å². The first-order valence-corrected chi connectivity index (χ1v) is 10.4. The number of nitrogens with zero attached hydrogens (tertiary/aromatic N) is 3. The predicted octanol–water partition coefficient (Wildman–Crippen LogP) is 2.86. The highest BCUT2D eigenvalue weighted by atomic mass is 32.2. The van der Waals surface area contributed by atoms with Crippen LogP contribution in [0.5, 0.6) is 5.75 Å². The van der Waals surface area contributed by atoms with Gasteiger partial charge < -0.3 is 9.64 Å². The fraction of sp³-hybridized carbons (Fsp3) is 0.350. The van der Waals surface area contributed by atoms with Gasteiger partial charge in [0, 0.05) is 31.9 Å². The van der Waals surface area contributed by atoms with E-state index in [9.17, 15) is 8.42 Å². The zero-order chi connectivity index (χ0) is 19.4. The third kappa shape index (κ3) is 4.41. The summed E-state index contributed by atoms with van der Waals surface area (Å²) in [6.45, 7) is 5.84. The van der Waals surface area contributed by atoms with E-state index < -0.39 is 10.0 Å². The highest BCUT2D eigenvalue weighted by molar-refractivity contribution is 7.89. The normalized spacial score (nSPS) is 15.6.